The first-order chi connectivity index (χ1) is 8.67. The van der Waals surface area contributed by atoms with Crippen molar-refractivity contribution in [3.05, 3.63) is 29.8 Å². The Morgan fingerprint density at radius 3 is 2.67 bits per heavy atom. The van der Waals surface area contributed by atoms with E-state index in [1.807, 2.05) is 7.05 Å². The van der Waals surface area contributed by atoms with E-state index in [1.165, 1.54) is 0 Å². The number of nitrogens with one attached hydrogen (secondary N) is 3. The predicted molar refractivity (Wildman–Crippen MR) is 71.6 cm³/mol. The molecule has 0 heterocycles. The Morgan fingerprint density at radius 1 is 1.22 bits per heavy atom. The largest absolute Gasteiger partial charge is 0.355 e. The third-order valence-corrected chi connectivity index (χ3v) is 2.47. The number of amides is 2. The first-order valence-electron chi connectivity index (χ1n) is 5.94. The average molecular weight is 249 g/mol. The van der Waals surface area contributed by atoms with Crippen LogP contribution in [0.4, 0.5) is 5.69 Å². The van der Waals surface area contributed by atoms with Gasteiger partial charge in [0, 0.05) is 24.7 Å². The molecule has 0 bridgehead atoms. The van der Waals surface area contributed by atoms with Crippen molar-refractivity contribution in [1.82, 2.24) is 10.6 Å². The highest BCUT2D eigenvalue weighted by Gasteiger charge is 2.06. The van der Waals surface area contributed by atoms with Gasteiger partial charge in [0.1, 0.15) is 0 Å². The number of rotatable bonds is 6. The zero-order valence-corrected chi connectivity index (χ0v) is 10.7. The molecule has 0 aliphatic heterocycles. The van der Waals surface area contributed by atoms with Crippen LogP contribution in [0.15, 0.2) is 24.3 Å². The van der Waals surface area contributed by atoms with Gasteiger partial charge in [-0.3, -0.25) is 9.59 Å². The van der Waals surface area contributed by atoms with Crippen molar-refractivity contribution in [3.63, 3.8) is 0 Å². The van der Waals surface area contributed by atoms with E-state index in [-0.39, 0.29) is 11.8 Å². The van der Waals surface area contributed by atoms with Crippen LogP contribution in [0.5, 0.6) is 0 Å². The second-order valence-electron chi connectivity index (χ2n) is 3.92. The number of hydrogen-bond acceptors (Lipinski definition) is 3. The van der Waals surface area contributed by atoms with Gasteiger partial charge >= 0.3 is 0 Å². The van der Waals surface area contributed by atoms with Gasteiger partial charge in [-0.25, -0.2) is 0 Å². The molecule has 0 saturated heterocycles. The summed E-state index contributed by atoms with van der Waals surface area (Å²) in [6, 6.07) is 6.88. The lowest BCUT2D eigenvalue weighted by molar-refractivity contribution is -0.116. The molecule has 0 saturated carbocycles. The van der Waals surface area contributed by atoms with E-state index in [9.17, 15) is 9.59 Å². The summed E-state index contributed by atoms with van der Waals surface area (Å²) in [5.74, 6) is -0.208. The van der Waals surface area contributed by atoms with E-state index in [0.717, 1.165) is 13.0 Å². The summed E-state index contributed by atoms with van der Waals surface area (Å²) in [6.07, 6.45) is 1.25. The molecule has 0 atom stereocenters. The Hall–Kier alpha value is -1.88. The minimum absolute atomic E-state index is 0.0423. The van der Waals surface area contributed by atoms with Crippen molar-refractivity contribution in [3.8, 4) is 0 Å². The number of benzene rings is 1. The molecule has 0 aliphatic carbocycles. The predicted octanol–water partition coefficient (Wildman–Crippen LogP) is 0.984. The maximum absolute atomic E-state index is 11.6. The third kappa shape index (κ3) is 4.55. The van der Waals surface area contributed by atoms with Gasteiger partial charge in [-0.2, -0.15) is 0 Å². The zero-order valence-electron chi connectivity index (χ0n) is 10.7. The van der Waals surface area contributed by atoms with Gasteiger partial charge in [0.2, 0.25) is 5.91 Å². The molecule has 2 amide bonds. The number of carbonyl (C=O) groups is 2. The Labute approximate surface area is 107 Å². The summed E-state index contributed by atoms with van der Waals surface area (Å²) >= 11 is 0. The molecular formula is C13H19N3O2. The van der Waals surface area contributed by atoms with Crippen LogP contribution in [0, 0.1) is 0 Å². The quantitative estimate of drug-likeness (QED) is 0.658. The number of carbonyl (C=O) groups excluding carboxylic acids is 2. The number of hydrogen-bond donors (Lipinski definition) is 3. The standard InChI is InChI=1S/C13H19N3O2/c1-14-8-4-7-12(17)16-11-6-3-5-10(9-11)13(18)15-2/h3,5-6,9,14H,4,7-8H2,1-2H3,(H,15,18)(H,16,17). The van der Waals surface area contributed by atoms with Gasteiger partial charge in [-0.05, 0) is 38.2 Å². The Kier molecular flexibility index (Phi) is 5.87. The average Bonchev–Trinajstić information content (AvgIpc) is 2.38. The summed E-state index contributed by atoms with van der Waals surface area (Å²) in [6.45, 7) is 0.811. The molecule has 1 rings (SSSR count). The first-order valence-corrected chi connectivity index (χ1v) is 5.94. The summed E-state index contributed by atoms with van der Waals surface area (Å²) in [7, 11) is 3.43. The maximum atomic E-state index is 11.6. The van der Waals surface area contributed by atoms with Crippen LogP contribution in [0.25, 0.3) is 0 Å². The summed E-state index contributed by atoms with van der Waals surface area (Å²) in [5.41, 5.74) is 1.18. The SMILES string of the molecule is CNCCCC(=O)Nc1cccc(C(=O)NC)c1. The lowest BCUT2D eigenvalue weighted by Gasteiger charge is -2.07. The molecule has 5 heteroatoms. The van der Waals surface area contributed by atoms with Crippen LogP contribution >= 0.6 is 0 Å². The molecule has 0 unspecified atom stereocenters. The topological polar surface area (TPSA) is 70.2 Å². The van der Waals surface area contributed by atoms with E-state index >= 15 is 0 Å². The lowest BCUT2D eigenvalue weighted by atomic mass is 10.2. The van der Waals surface area contributed by atoms with Crippen LogP contribution in [0.3, 0.4) is 0 Å². The van der Waals surface area contributed by atoms with E-state index in [4.69, 9.17) is 0 Å². The summed E-state index contributed by atoms with van der Waals surface area (Å²) in [4.78, 5) is 23.0. The molecule has 0 aliphatic rings. The minimum Gasteiger partial charge on any atom is -0.355 e. The van der Waals surface area contributed by atoms with E-state index in [1.54, 1.807) is 31.3 Å². The second kappa shape index (κ2) is 7.45. The highest BCUT2D eigenvalue weighted by atomic mass is 16.2. The first kappa shape index (κ1) is 14.2. The van der Waals surface area contributed by atoms with Crippen molar-refractivity contribution in [2.75, 3.05) is 26.0 Å². The van der Waals surface area contributed by atoms with Crippen LogP contribution in [-0.2, 0) is 4.79 Å². The van der Waals surface area contributed by atoms with Crippen LogP contribution in [0.2, 0.25) is 0 Å². The van der Waals surface area contributed by atoms with Gasteiger partial charge in [0.15, 0.2) is 0 Å². The fraction of sp³-hybridized carbons (Fsp3) is 0.385. The molecule has 5 nitrogen and oxygen atoms in total. The summed E-state index contributed by atoms with van der Waals surface area (Å²) in [5, 5.41) is 8.30. The molecule has 1 aromatic rings. The molecule has 0 radical (unpaired) electrons. The van der Waals surface area contributed by atoms with Gasteiger partial charge < -0.3 is 16.0 Å². The monoisotopic (exact) mass is 249 g/mol. The third-order valence-electron chi connectivity index (χ3n) is 2.47. The minimum atomic E-state index is -0.165. The zero-order chi connectivity index (χ0) is 13.4. The Balaban J connectivity index is 2.56. The second-order valence-corrected chi connectivity index (χ2v) is 3.92. The van der Waals surface area contributed by atoms with Crippen LogP contribution in [0.1, 0.15) is 23.2 Å². The fourth-order valence-electron chi connectivity index (χ4n) is 1.53. The van der Waals surface area contributed by atoms with E-state index < -0.39 is 0 Å². The fourth-order valence-corrected chi connectivity index (χ4v) is 1.53. The van der Waals surface area contributed by atoms with Gasteiger partial charge in [-0.1, -0.05) is 6.07 Å². The van der Waals surface area contributed by atoms with Crippen molar-refractivity contribution in [1.29, 1.82) is 0 Å². The molecule has 98 valence electrons. The molecule has 1 aromatic carbocycles. The van der Waals surface area contributed by atoms with E-state index in [0.29, 0.717) is 17.7 Å². The molecule has 3 N–H and O–H groups in total. The molecule has 0 aromatic heterocycles. The Morgan fingerprint density at radius 2 is 2.00 bits per heavy atom. The van der Waals surface area contributed by atoms with E-state index in [2.05, 4.69) is 16.0 Å². The van der Waals surface area contributed by atoms with Crippen molar-refractivity contribution >= 4 is 17.5 Å². The van der Waals surface area contributed by atoms with Crippen molar-refractivity contribution in [2.24, 2.45) is 0 Å². The lowest BCUT2D eigenvalue weighted by Crippen LogP contribution is -2.18. The Bertz CT molecular complexity index is 418. The van der Waals surface area contributed by atoms with Gasteiger partial charge in [-0.15, -0.1) is 0 Å². The number of anilines is 1. The van der Waals surface area contributed by atoms with Crippen molar-refractivity contribution in [2.45, 2.75) is 12.8 Å². The molecular weight excluding hydrogens is 230 g/mol. The van der Waals surface area contributed by atoms with Crippen LogP contribution in [-0.4, -0.2) is 32.5 Å². The highest BCUT2D eigenvalue weighted by Crippen LogP contribution is 2.11. The molecule has 0 fully saturated rings. The maximum Gasteiger partial charge on any atom is 0.251 e. The summed E-state index contributed by atoms with van der Waals surface area (Å²) < 4.78 is 0. The van der Waals surface area contributed by atoms with Gasteiger partial charge in [0.25, 0.3) is 5.91 Å². The molecule has 0 spiro atoms. The smallest absolute Gasteiger partial charge is 0.251 e. The highest BCUT2D eigenvalue weighted by molar-refractivity contribution is 5.97. The van der Waals surface area contributed by atoms with Gasteiger partial charge in [0.05, 0.1) is 0 Å². The van der Waals surface area contributed by atoms with Crippen molar-refractivity contribution < 1.29 is 9.59 Å². The van der Waals surface area contributed by atoms with Crippen LogP contribution < -0.4 is 16.0 Å². The normalized spacial score (nSPS) is 9.89. The molecule has 18 heavy (non-hydrogen) atoms.